The summed E-state index contributed by atoms with van der Waals surface area (Å²) in [6, 6.07) is 19.6. The zero-order valence-electron chi connectivity index (χ0n) is 21.7. The minimum absolute atomic E-state index is 0.124. The number of carbonyl (C=O) groups excluding carboxylic acids is 2. The maximum atomic E-state index is 13.6. The average molecular weight is 522 g/mol. The van der Waals surface area contributed by atoms with Crippen molar-refractivity contribution >= 4 is 32.6 Å². The molecular formula is C29H35N3O4S. The van der Waals surface area contributed by atoms with Crippen LogP contribution in [-0.2, 0) is 26.2 Å². The van der Waals surface area contributed by atoms with E-state index in [-0.39, 0.29) is 29.9 Å². The van der Waals surface area contributed by atoms with Crippen LogP contribution in [0.15, 0.2) is 71.6 Å². The van der Waals surface area contributed by atoms with E-state index >= 15 is 0 Å². The van der Waals surface area contributed by atoms with Gasteiger partial charge in [-0.05, 0) is 55.2 Å². The third-order valence-corrected chi connectivity index (χ3v) is 8.89. The monoisotopic (exact) mass is 521 g/mol. The summed E-state index contributed by atoms with van der Waals surface area (Å²) >= 11 is 0. The second-order valence-corrected chi connectivity index (χ2v) is 12.0. The van der Waals surface area contributed by atoms with Gasteiger partial charge in [0.25, 0.3) is 0 Å². The van der Waals surface area contributed by atoms with Crippen molar-refractivity contribution in [3.63, 3.8) is 0 Å². The Hall–Kier alpha value is -3.23. The molecule has 1 N–H and O–H groups in total. The van der Waals surface area contributed by atoms with Crippen molar-refractivity contribution in [2.24, 2.45) is 0 Å². The van der Waals surface area contributed by atoms with Crippen LogP contribution in [0, 0.1) is 6.92 Å². The number of amides is 2. The lowest BCUT2D eigenvalue weighted by Gasteiger charge is -2.31. The van der Waals surface area contributed by atoms with Gasteiger partial charge in [0.1, 0.15) is 6.04 Å². The highest BCUT2D eigenvalue weighted by Crippen LogP contribution is 2.22. The van der Waals surface area contributed by atoms with Crippen LogP contribution in [0.25, 0.3) is 10.8 Å². The third kappa shape index (κ3) is 6.37. The van der Waals surface area contributed by atoms with Gasteiger partial charge in [-0.1, -0.05) is 73.0 Å². The molecule has 37 heavy (non-hydrogen) atoms. The maximum absolute atomic E-state index is 13.6. The van der Waals surface area contributed by atoms with Gasteiger partial charge in [0.2, 0.25) is 21.8 Å². The van der Waals surface area contributed by atoms with Crippen molar-refractivity contribution in [1.82, 2.24) is 14.5 Å². The predicted octanol–water partition coefficient (Wildman–Crippen LogP) is 4.24. The van der Waals surface area contributed by atoms with Crippen LogP contribution in [0.1, 0.15) is 43.7 Å². The molecule has 0 aromatic heterocycles. The molecule has 1 fully saturated rings. The second kappa shape index (κ2) is 11.4. The van der Waals surface area contributed by atoms with Gasteiger partial charge < -0.3 is 10.2 Å². The van der Waals surface area contributed by atoms with E-state index in [0.717, 1.165) is 51.9 Å². The number of likely N-dealkylation sites (N-methyl/N-ethyl adjacent to an activating group) is 1. The Kier molecular flexibility index (Phi) is 8.29. The number of rotatable bonds is 9. The van der Waals surface area contributed by atoms with Crippen LogP contribution in [0.4, 0.5) is 0 Å². The number of carbonyl (C=O) groups is 2. The highest BCUT2D eigenvalue weighted by molar-refractivity contribution is 7.89. The molecule has 196 valence electrons. The molecular weight excluding hydrogens is 486 g/mol. The minimum Gasteiger partial charge on any atom is -0.352 e. The van der Waals surface area contributed by atoms with Crippen LogP contribution in [-0.4, -0.2) is 55.1 Å². The number of aryl methyl sites for hydroxylation is 1. The quantitative estimate of drug-likeness (QED) is 0.456. The SMILES string of the molecule is Cc1cccc(CN(C(=O)CN(C)S(=O)(=O)c2ccc3ccccc3c2)C(C)C(=O)NC2CCCC2)c1. The molecule has 0 spiro atoms. The Morgan fingerprint density at radius 2 is 1.68 bits per heavy atom. The first-order valence-electron chi connectivity index (χ1n) is 12.8. The first kappa shape index (κ1) is 26.8. The van der Waals surface area contributed by atoms with Crippen molar-refractivity contribution < 1.29 is 18.0 Å². The molecule has 0 heterocycles. The molecule has 1 atom stereocenters. The molecule has 3 aromatic carbocycles. The van der Waals surface area contributed by atoms with E-state index < -0.39 is 22.0 Å². The molecule has 0 radical (unpaired) electrons. The Morgan fingerprint density at radius 3 is 2.38 bits per heavy atom. The fourth-order valence-corrected chi connectivity index (χ4v) is 6.01. The van der Waals surface area contributed by atoms with Crippen LogP contribution in [0.2, 0.25) is 0 Å². The van der Waals surface area contributed by atoms with Crippen molar-refractivity contribution in [2.45, 2.75) is 63.1 Å². The van der Waals surface area contributed by atoms with Gasteiger partial charge in [-0.15, -0.1) is 0 Å². The standard InChI is InChI=1S/C29H35N3O4S/c1-21-9-8-10-23(17-21)19-32(22(2)29(34)30-26-13-6-7-14-26)28(33)20-31(3)37(35,36)27-16-15-24-11-4-5-12-25(24)18-27/h4-5,8-12,15-18,22,26H,6-7,13-14,19-20H2,1-3H3,(H,30,34). The highest BCUT2D eigenvalue weighted by Gasteiger charge is 2.31. The predicted molar refractivity (Wildman–Crippen MR) is 145 cm³/mol. The molecule has 0 saturated heterocycles. The molecule has 1 aliphatic rings. The average Bonchev–Trinajstić information content (AvgIpc) is 3.39. The van der Waals surface area contributed by atoms with Gasteiger partial charge in [0.15, 0.2) is 0 Å². The second-order valence-electron chi connectivity index (χ2n) is 9.95. The first-order valence-corrected chi connectivity index (χ1v) is 14.2. The van der Waals surface area contributed by atoms with Crippen molar-refractivity contribution in [3.05, 3.63) is 77.9 Å². The molecule has 2 amide bonds. The zero-order valence-corrected chi connectivity index (χ0v) is 22.5. The summed E-state index contributed by atoms with van der Waals surface area (Å²) in [5.74, 6) is -0.643. The third-order valence-electron chi connectivity index (χ3n) is 7.09. The van der Waals surface area contributed by atoms with E-state index in [4.69, 9.17) is 0 Å². The molecule has 0 bridgehead atoms. The summed E-state index contributed by atoms with van der Waals surface area (Å²) in [5.41, 5.74) is 1.93. The number of nitrogens with zero attached hydrogens (tertiary/aromatic N) is 2. The number of benzene rings is 3. The number of sulfonamides is 1. The smallest absolute Gasteiger partial charge is 0.243 e. The van der Waals surface area contributed by atoms with Crippen LogP contribution >= 0.6 is 0 Å². The number of fused-ring (bicyclic) bond motifs is 1. The zero-order chi connectivity index (χ0) is 26.6. The van der Waals surface area contributed by atoms with E-state index in [1.54, 1.807) is 25.1 Å². The summed E-state index contributed by atoms with van der Waals surface area (Å²) < 4.78 is 27.8. The summed E-state index contributed by atoms with van der Waals surface area (Å²) in [6.45, 7) is 3.51. The number of hydrogen-bond acceptors (Lipinski definition) is 4. The molecule has 1 aliphatic carbocycles. The number of hydrogen-bond donors (Lipinski definition) is 1. The van der Waals surface area contributed by atoms with Crippen molar-refractivity contribution in [2.75, 3.05) is 13.6 Å². The van der Waals surface area contributed by atoms with Crippen LogP contribution < -0.4 is 5.32 Å². The van der Waals surface area contributed by atoms with E-state index in [0.29, 0.717) is 0 Å². The lowest BCUT2D eigenvalue weighted by Crippen LogP contribution is -2.52. The Morgan fingerprint density at radius 1 is 0.973 bits per heavy atom. The molecule has 1 saturated carbocycles. The summed E-state index contributed by atoms with van der Waals surface area (Å²) in [6.07, 6.45) is 4.05. The largest absolute Gasteiger partial charge is 0.352 e. The maximum Gasteiger partial charge on any atom is 0.243 e. The van der Waals surface area contributed by atoms with Crippen molar-refractivity contribution in [1.29, 1.82) is 0 Å². The van der Waals surface area contributed by atoms with Gasteiger partial charge in [-0.2, -0.15) is 4.31 Å². The topological polar surface area (TPSA) is 86.8 Å². The highest BCUT2D eigenvalue weighted by atomic mass is 32.2. The van der Waals surface area contributed by atoms with E-state index in [1.165, 1.54) is 11.9 Å². The lowest BCUT2D eigenvalue weighted by atomic mass is 10.1. The molecule has 4 rings (SSSR count). The lowest BCUT2D eigenvalue weighted by molar-refractivity contribution is -0.140. The fraction of sp³-hybridized carbons (Fsp3) is 0.379. The molecule has 0 aliphatic heterocycles. The normalized spacial score (nSPS) is 15.1. The molecule has 7 nitrogen and oxygen atoms in total. The van der Waals surface area contributed by atoms with E-state index in [2.05, 4.69) is 5.32 Å². The van der Waals surface area contributed by atoms with E-state index in [1.807, 2.05) is 55.5 Å². The van der Waals surface area contributed by atoms with E-state index in [9.17, 15) is 18.0 Å². The fourth-order valence-electron chi connectivity index (χ4n) is 4.86. The van der Waals surface area contributed by atoms with Gasteiger partial charge >= 0.3 is 0 Å². The molecule has 1 unspecified atom stereocenters. The Bertz CT molecular complexity index is 1380. The molecule has 8 heteroatoms. The molecule has 3 aromatic rings. The Balaban J connectivity index is 1.54. The van der Waals surface area contributed by atoms with Gasteiger partial charge in [-0.25, -0.2) is 8.42 Å². The van der Waals surface area contributed by atoms with Crippen molar-refractivity contribution in [3.8, 4) is 0 Å². The summed E-state index contributed by atoms with van der Waals surface area (Å²) in [5, 5.41) is 4.82. The Labute approximate surface area is 219 Å². The summed E-state index contributed by atoms with van der Waals surface area (Å²) in [4.78, 5) is 28.3. The number of nitrogens with one attached hydrogen (secondary N) is 1. The van der Waals surface area contributed by atoms with Gasteiger partial charge in [0.05, 0.1) is 11.4 Å². The van der Waals surface area contributed by atoms with Gasteiger partial charge in [0, 0.05) is 19.6 Å². The summed E-state index contributed by atoms with van der Waals surface area (Å²) in [7, 11) is -2.52. The van der Waals surface area contributed by atoms with Crippen LogP contribution in [0.3, 0.4) is 0 Å². The first-order chi connectivity index (χ1) is 17.6. The minimum atomic E-state index is -3.92. The van der Waals surface area contributed by atoms with Crippen LogP contribution in [0.5, 0.6) is 0 Å². The van der Waals surface area contributed by atoms with Gasteiger partial charge in [-0.3, -0.25) is 9.59 Å².